The maximum atomic E-state index is 4.32. The lowest BCUT2D eigenvalue weighted by molar-refractivity contribution is 0.621. The summed E-state index contributed by atoms with van der Waals surface area (Å²) in [6, 6.07) is 17.6. The Kier molecular flexibility index (Phi) is 3.44. The quantitative estimate of drug-likeness (QED) is 0.647. The van der Waals surface area contributed by atoms with Gasteiger partial charge in [-0.25, -0.2) is 0 Å². The van der Waals surface area contributed by atoms with Gasteiger partial charge < -0.3 is 0 Å². The highest BCUT2D eigenvalue weighted by molar-refractivity contribution is 5.44. The molecular formula is C17H16N4. The first-order valence-corrected chi connectivity index (χ1v) is 6.85. The Morgan fingerprint density at radius 3 is 2.05 bits per heavy atom. The molecule has 0 spiro atoms. The maximum absolute atomic E-state index is 4.32. The van der Waals surface area contributed by atoms with Gasteiger partial charge in [0.1, 0.15) is 5.54 Å². The highest BCUT2D eigenvalue weighted by atomic mass is 15.2. The average molecular weight is 276 g/mol. The van der Waals surface area contributed by atoms with Crippen LogP contribution in [0.3, 0.4) is 0 Å². The second kappa shape index (κ2) is 5.40. The van der Waals surface area contributed by atoms with Gasteiger partial charge in [-0.3, -0.25) is 0 Å². The molecule has 1 atom stereocenters. The third-order valence-electron chi connectivity index (χ3n) is 3.39. The normalized spacial score (nSPS) is 21.0. The Balaban J connectivity index is 1.79. The fourth-order valence-corrected chi connectivity index (χ4v) is 2.26. The van der Waals surface area contributed by atoms with Crippen LogP contribution in [0.2, 0.25) is 0 Å². The topological polar surface area (TPSA) is 49.4 Å². The summed E-state index contributed by atoms with van der Waals surface area (Å²) in [6.07, 6.45) is 2.06. The van der Waals surface area contributed by atoms with Crippen LogP contribution in [0, 0.1) is 0 Å². The lowest BCUT2D eigenvalue weighted by Crippen LogP contribution is -2.12. The minimum Gasteiger partial charge on any atom is -0.173 e. The first kappa shape index (κ1) is 13.4. The lowest BCUT2D eigenvalue weighted by Gasteiger charge is -2.16. The van der Waals surface area contributed by atoms with Crippen LogP contribution in [0.4, 0.5) is 11.4 Å². The zero-order chi connectivity index (χ0) is 14.7. The van der Waals surface area contributed by atoms with E-state index in [1.165, 1.54) is 0 Å². The summed E-state index contributed by atoms with van der Waals surface area (Å²) in [7, 11) is 0. The summed E-state index contributed by atoms with van der Waals surface area (Å²) in [5.74, 6) is 0. The van der Waals surface area contributed by atoms with Gasteiger partial charge in [-0.05, 0) is 49.8 Å². The van der Waals surface area contributed by atoms with Gasteiger partial charge in [0.15, 0.2) is 0 Å². The smallest absolute Gasteiger partial charge is 0.124 e. The van der Waals surface area contributed by atoms with E-state index in [2.05, 4.69) is 26.5 Å². The molecule has 0 fully saturated rings. The maximum Gasteiger partial charge on any atom is 0.124 e. The van der Waals surface area contributed by atoms with Gasteiger partial charge in [0, 0.05) is 0 Å². The number of allylic oxidation sites excluding steroid dienone is 1. The van der Waals surface area contributed by atoms with Crippen molar-refractivity contribution in [1.82, 2.24) is 0 Å². The van der Waals surface area contributed by atoms with Crippen LogP contribution in [-0.2, 0) is 5.54 Å². The monoisotopic (exact) mass is 276 g/mol. The van der Waals surface area contributed by atoms with Crippen LogP contribution in [0.1, 0.15) is 19.4 Å². The third kappa shape index (κ3) is 2.94. The van der Waals surface area contributed by atoms with E-state index >= 15 is 0 Å². The lowest BCUT2D eigenvalue weighted by atomic mass is 9.93. The Hall–Kier alpha value is -2.62. The van der Waals surface area contributed by atoms with Crippen LogP contribution in [0.15, 0.2) is 86.8 Å². The summed E-state index contributed by atoms with van der Waals surface area (Å²) in [5.41, 5.74) is 3.35. The zero-order valence-electron chi connectivity index (χ0n) is 12.1. The molecule has 1 aliphatic rings. The molecule has 0 saturated carbocycles. The largest absolute Gasteiger partial charge is 0.173 e. The van der Waals surface area contributed by atoms with Crippen molar-refractivity contribution in [3.63, 3.8) is 0 Å². The Morgan fingerprint density at radius 1 is 0.857 bits per heavy atom. The van der Waals surface area contributed by atoms with E-state index < -0.39 is 0 Å². The number of nitrogens with zero attached hydrogens (tertiary/aromatic N) is 4. The van der Waals surface area contributed by atoms with E-state index in [-0.39, 0.29) is 5.54 Å². The van der Waals surface area contributed by atoms with E-state index in [0.717, 1.165) is 22.6 Å². The van der Waals surface area contributed by atoms with Crippen molar-refractivity contribution < 1.29 is 0 Å². The molecular weight excluding hydrogens is 260 g/mol. The van der Waals surface area contributed by atoms with Gasteiger partial charge in [-0.2, -0.15) is 20.5 Å². The molecule has 1 aliphatic heterocycles. The number of azo groups is 2. The zero-order valence-corrected chi connectivity index (χ0v) is 12.1. The summed E-state index contributed by atoms with van der Waals surface area (Å²) >= 11 is 0. The van der Waals surface area contributed by atoms with Crippen LogP contribution in [0.5, 0.6) is 0 Å². The van der Waals surface area contributed by atoms with E-state index in [0.29, 0.717) is 0 Å². The highest BCUT2D eigenvalue weighted by Crippen LogP contribution is 2.34. The highest BCUT2D eigenvalue weighted by Gasteiger charge is 2.27. The molecule has 0 N–H and O–H groups in total. The molecule has 21 heavy (non-hydrogen) atoms. The predicted octanol–water partition coefficient (Wildman–Crippen LogP) is 5.69. The summed E-state index contributed by atoms with van der Waals surface area (Å²) < 4.78 is 0. The number of rotatable bonds is 3. The van der Waals surface area contributed by atoms with Crippen LogP contribution in [-0.4, -0.2) is 0 Å². The van der Waals surface area contributed by atoms with Crippen molar-refractivity contribution in [2.24, 2.45) is 20.5 Å². The molecule has 0 saturated heterocycles. The van der Waals surface area contributed by atoms with E-state index in [1.807, 2.05) is 68.4 Å². The molecule has 4 nitrogen and oxygen atoms in total. The molecule has 0 aliphatic carbocycles. The minimum atomic E-state index is -0.362. The first-order valence-electron chi connectivity index (χ1n) is 6.85. The van der Waals surface area contributed by atoms with Crippen LogP contribution < -0.4 is 0 Å². The Morgan fingerprint density at radius 2 is 1.48 bits per heavy atom. The van der Waals surface area contributed by atoms with Gasteiger partial charge >= 0.3 is 0 Å². The van der Waals surface area contributed by atoms with E-state index in [9.17, 15) is 0 Å². The molecule has 104 valence electrons. The second-order valence-corrected chi connectivity index (χ2v) is 5.22. The number of hydrogen-bond donors (Lipinski definition) is 0. The second-order valence-electron chi connectivity index (χ2n) is 5.22. The number of benzene rings is 2. The van der Waals surface area contributed by atoms with Gasteiger partial charge in [0.05, 0.1) is 17.1 Å². The fourth-order valence-electron chi connectivity index (χ4n) is 2.26. The fraction of sp³-hybridized carbons (Fsp3) is 0.176. The first-order chi connectivity index (χ1) is 10.2. The summed E-state index contributed by atoms with van der Waals surface area (Å²) in [6.45, 7) is 4.00. The predicted molar refractivity (Wildman–Crippen MR) is 83.0 cm³/mol. The molecule has 0 amide bonds. The van der Waals surface area contributed by atoms with Crippen molar-refractivity contribution in [2.75, 3.05) is 0 Å². The van der Waals surface area contributed by atoms with Crippen molar-refractivity contribution in [3.05, 3.63) is 71.9 Å². The molecule has 2 aromatic carbocycles. The standard InChI is InChI=1S/C17H16N4/c1-13-12-17(2,21-18-13)14-8-10-16(11-9-14)20-19-15-6-4-3-5-7-15/h3-12H,1-2H3. The van der Waals surface area contributed by atoms with Gasteiger partial charge in [0.25, 0.3) is 0 Å². The van der Waals surface area contributed by atoms with Gasteiger partial charge in [-0.1, -0.05) is 30.3 Å². The molecule has 3 rings (SSSR count). The third-order valence-corrected chi connectivity index (χ3v) is 3.39. The molecule has 1 unspecified atom stereocenters. The average Bonchev–Trinajstić information content (AvgIpc) is 2.87. The van der Waals surface area contributed by atoms with Crippen molar-refractivity contribution in [2.45, 2.75) is 19.4 Å². The molecule has 1 heterocycles. The molecule has 4 heteroatoms. The molecule has 0 aromatic heterocycles. The molecule has 0 bridgehead atoms. The SMILES string of the molecule is CC1=CC(C)(c2ccc(N=Nc3ccccc3)cc2)N=N1. The van der Waals surface area contributed by atoms with Crippen molar-refractivity contribution >= 4 is 11.4 Å². The van der Waals surface area contributed by atoms with Crippen LogP contribution in [0.25, 0.3) is 0 Å². The van der Waals surface area contributed by atoms with Crippen LogP contribution >= 0.6 is 0 Å². The van der Waals surface area contributed by atoms with E-state index in [4.69, 9.17) is 0 Å². The minimum absolute atomic E-state index is 0.362. The van der Waals surface area contributed by atoms with Crippen molar-refractivity contribution in [3.8, 4) is 0 Å². The Labute approximate surface area is 124 Å². The molecule has 0 radical (unpaired) electrons. The Bertz CT molecular complexity index is 714. The summed E-state index contributed by atoms with van der Waals surface area (Å²) in [4.78, 5) is 0. The number of hydrogen-bond acceptors (Lipinski definition) is 4. The van der Waals surface area contributed by atoms with Gasteiger partial charge in [-0.15, -0.1) is 0 Å². The van der Waals surface area contributed by atoms with Crippen molar-refractivity contribution in [1.29, 1.82) is 0 Å². The summed E-state index contributed by atoms with van der Waals surface area (Å²) in [5, 5.41) is 16.9. The van der Waals surface area contributed by atoms with E-state index in [1.54, 1.807) is 0 Å². The van der Waals surface area contributed by atoms with Gasteiger partial charge in [0.2, 0.25) is 0 Å². The molecule has 2 aromatic rings.